The fourth-order valence-corrected chi connectivity index (χ4v) is 1.19. The fourth-order valence-electron chi connectivity index (χ4n) is 0.927. The normalized spacial score (nSPS) is 10.6. The van der Waals surface area contributed by atoms with Crippen molar-refractivity contribution in [2.45, 2.75) is 13.5 Å². The molecule has 5 heteroatoms. The van der Waals surface area contributed by atoms with Gasteiger partial charge in [0.2, 0.25) is 0 Å². The van der Waals surface area contributed by atoms with E-state index in [0.717, 1.165) is 6.07 Å². The summed E-state index contributed by atoms with van der Waals surface area (Å²) in [6, 6.07) is 2.27. The molecule has 0 spiro atoms. The van der Waals surface area contributed by atoms with E-state index in [2.05, 4.69) is 4.74 Å². The summed E-state index contributed by atoms with van der Waals surface area (Å²) in [5.74, 6) is -1.34. The number of benzene rings is 1. The van der Waals surface area contributed by atoms with Crippen molar-refractivity contribution in [1.82, 2.24) is 0 Å². The van der Waals surface area contributed by atoms with E-state index in [1.807, 2.05) is 0 Å². The van der Waals surface area contributed by atoms with Gasteiger partial charge in [-0.05, 0) is 24.6 Å². The second-order valence-electron chi connectivity index (χ2n) is 2.41. The van der Waals surface area contributed by atoms with Crippen molar-refractivity contribution in [3.05, 3.63) is 28.5 Å². The molecule has 72 valence electrons. The van der Waals surface area contributed by atoms with Crippen LogP contribution in [-0.2, 0) is 0 Å². The van der Waals surface area contributed by atoms with Gasteiger partial charge in [-0.1, -0.05) is 11.6 Å². The lowest BCUT2D eigenvalue weighted by molar-refractivity contribution is -0.0526. The van der Waals surface area contributed by atoms with E-state index in [9.17, 15) is 13.2 Å². The third kappa shape index (κ3) is 2.52. The van der Waals surface area contributed by atoms with Crippen LogP contribution in [-0.4, -0.2) is 6.61 Å². The maximum atomic E-state index is 12.9. The summed E-state index contributed by atoms with van der Waals surface area (Å²) in [5.41, 5.74) is 0.241. The van der Waals surface area contributed by atoms with Gasteiger partial charge in [-0.3, -0.25) is 0 Å². The van der Waals surface area contributed by atoms with Crippen LogP contribution >= 0.6 is 11.6 Å². The Kier molecular flexibility index (Phi) is 3.03. The first kappa shape index (κ1) is 10.2. The Morgan fingerprint density at radius 1 is 1.38 bits per heavy atom. The number of halogens is 4. The van der Waals surface area contributed by atoms with Gasteiger partial charge < -0.3 is 4.74 Å². The Labute approximate surface area is 78.1 Å². The van der Waals surface area contributed by atoms with Crippen LogP contribution in [0.5, 0.6) is 5.75 Å². The molecule has 0 fully saturated rings. The van der Waals surface area contributed by atoms with Gasteiger partial charge >= 0.3 is 6.61 Å². The van der Waals surface area contributed by atoms with Gasteiger partial charge in [-0.2, -0.15) is 8.78 Å². The summed E-state index contributed by atoms with van der Waals surface area (Å²) < 4.78 is 40.4. The van der Waals surface area contributed by atoms with Crippen molar-refractivity contribution >= 4 is 11.6 Å². The van der Waals surface area contributed by atoms with Gasteiger partial charge in [-0.15, -0.1) is 0 Å². The molecule has 0 saturated heterocycles. The number of aryl methyl sites for hydroxylation is 1. The lowest BCUT2D eigenvalue weighted by atomic mass is 10.2. The van der Waals surface area contributed by atoms with Gasteiger partial charge in [-0.25, -0.2) is 4.39 Å². The first-order chi connectivity index (χ1) is 6.00. The Bertz CT molecular complexity index is 291. The molecular weight excluding hydrogens is 205 g/mol. The second kappa shape index (κ2) is 3.87. The average Bonchev–Trinajstić information content (AvgIpc) is 1.96. The van der Waals surface area contributed by atoms with Gasteiger partial charge in [0, 0.05) is 5.02 Å². The van der Waals surface area contributed by atoms with Crippen LogP contribution < -0.4 is 4.74 Å². The third-order valence-electron chi connectivity index (χ3n) is 1.40. The summed E-state index contributed by atoms with van der Waals surface area (Å²) in [5, 5.41) is 0.150. The van der Waals surface area contributed by atoms with Crippen LogP contribution in [0.3, 0.4) is 0 Å². The van der Waals surface area contributed by atoms with E-state index in [1.165, 1.54) is 13.0 Å². The van der Waals surface area contributed by atoms with E-state index in [0.29, 0.717) is 0 Å². The van der Waals surface area contributed by atoms with E-state index in [4.69, 9.17) is 11.6 Å². The molecule has 13 heavy (non-hydrogen) atoms. The molecule has 0 heterocycles. The molecule has 0 amide bonds. The molecule has 1 aromatic carbocycles. The van der Waals surface area contributed by atoms with Crippen molar-refractivity contribution in [3.63, 3.8) is 0 Å². The Balaban J connectivity index is 3.06. The Morgan fingerprint density at radius 3 is 2.46 bits per heavy atom. The molecule has 0 aromatic heterocycles. The van der Waals surface area contributed by atoms with E-state index < -0.39 is 18.2 Å². The number of alkyl halides is 2. The van der Waals surface area contributed by atoms with Crippen LogP contribution in [0.1, 0.15) is 5.56 Å². The predicted molar refractivity (Wildman–Crippen MR) is 42.8 cm³/mol. The summed E-state index contributed by atoms with van der Waals surface area (Å²) in [6.45, 7) is -1.60. The van der Waals surface area contributed by atoms with E-state index >= 15 is 0 Å². The topological polar surface area (TPSA) is 9.23 Å². The van der Waals surface area contributed by atoms with Crippen LogP contribution in [0.2, 0.25) is 5.02 Å². The molecule has 0 atom stereocenters. The van der Waals surface area contributed by atoms with Crippen molar-refractivity contribution in [2.75, 3.05) is 0 Å². The van der Waals surface area contributed by atoms with Gasteiger partial charge in [0.15, 0.2) is 11.6 Å². The van der Waals surface area contributed by atoms with Crippen LogP contribution in [0.15, 0.2) is 12.1 Å². The molecule has 0 N–H and O–H groups in total. The molecule has 1 rings (SSSR count). The molecule has 0 unspecified atom stereocenters. The highest BCUT2D eigenvalue weighted by Gasteiger charge is 2.13. The standard InChI is InChI=1S/C8H6ClF3O/c1-4-2-5(9)3-6(10)7(4)13-8(11)12/h2-3,8H,1H3. The number of hydrogen-bond acceptors (Lipinski definition) is 1. The molecule has 1 aromatic rings. The molecule has 0 radical (unpaired) electrons. The highest BCUT2D eigenvalue weighted by atomic mass is 35.5. The molecule has 1 nitrogen and oxygen atoms in total. The molecule has 0 aliphatic carbocycles. The van der Waals surface area contributed by atoms with Gasteiger partial charge in [0.25, 0.3) is 0 Å². The molecule has 0 aliphatic rings. The van der Waals surface area contributed by atoms with E-state index in [-0.39, 0.29) is 10.6 Å². The number of hydrogen-bond donors (Lipinski definition) is 0. The summed E-state index contributed by atoms with van der Waals surface area (Å²) >= 11 is 5.48. The largest absolute Gasteiger partial charge is 0.431 e. The number of rotatable bonds is 2. The molecule has 0 saturated carbocycles. The monoisotopic (exact) mass is 210 g/mol. The fraction of sp³-hybridized carbons (Fsp3) is 0.250. The van der Waals surface area contributed by atoms with Crippen LogP contribution in [0.25, 0.3) is 0 Å². The Morgan fingerprint density at radius 2 is 2.00 bits per heavy atom. The maximum Gasteiger partial charge on any atom is 0.387 e. The van der Waals surface area contributed by atoms with Crippen molar-refractivity contribution < 1.29 is 17.9 Å². The maximum absolute atomic E-state index is 12.9. The zero-order chi connectivity index (χ0) is 10.0. The zero-order valence-corrected chi connectivity index (χ0v) is 7.41. The zero-order valence-electron chi connectivity index (χ0n) is 6.65. The summed E-state index contributed by atoms with van der Waals surface area (Å²) in [7, 11) is 0. The van der Waals surface area contributed by atoms with E-state index in [1.54, 1.807) is 0 Å². The predicted octanol–water partition coefficient (Wildman–Crippen LogP) is 3.39. The second-order valence-corrected chi connectivity index (χ2v) is 2.85. The first-order valence-electron chi connectivity index (χ1n) is 3.41. The quantitative estimate of drug-likeness (QED) is 0.727. The lowest BCUT2D eigenvalue weighted by Gasteiger charge is -2.08. The van der Waals surface area contributed by atoms with Crippen molar-refractivity contribution in [1.29, 1.82) is 0 Å². The SMILES string of the molecule is Cc1cc(Cl)cc(F)c1OC(F)F. The van der Waals surface area contributed by atoms with Crippen molar-refractivity contribution in [3.8, 4) is 5.75 Å². The highest BCUT2D eigenvalue weighted by Crippen LogP contribution is 2.27. The Hall–Kier alpha value is -0.900. The minimum absolute atomic E-state index is 0.150. The van der Waals surface area contributed by atoms with Gasteiger partial charge in [0.05, 0.1) is 0 Å². The lowest BCUT2D eigenvalue weighted by Crippen LogP contribution is -2.05. The summed E-state index contributed by atoms with van der Waals surface area (Å²) in [4.78, 5) is 0. The van der Waals surface area contributed by atoms with Crippen LogP contribution in [0, 0.1) is 12.7 Å². The third-order valence-corrected chi connectivity index (χ3v) is 1.62. The first-order valence-corrected chi connectivity index (χ1v) is 3.79. The molecular formula is C8H6ClF3O. The molecule has 0 bridgehead atoms. The average molecular weight is 211 g/mol. The minimum atomic E-state index is -3.03. The molecule has 0 aliphatic heterocycles. The minimum Gasteiger partial charge on any atom is -0.431 e. The number of ether oxygens (including phenoxy) is 1. The van der Waals surface area contributed by atoms with Crippen molar-refractivity contribution in [2.24, 2.45) is 0 Å². The van der Waals surface area contributed by atoms with Gasteiger partial charge in [0.1, 0.15) is 0 Å². The van der Waals surface area contributed by atoms with Crippen LogP contribution in [0.4, 0.5) is 13.2 Å². The highest BCUT2D eigenvalue weighted by molar-refractivity contribution is 6.30. The smallest absolute Gasteiger partial charge is 0.387 e. The summed E-state index contributed by atoms with van der Waals surface area (Å²) in [6.07, 6.45) is 0.